The Morgan fingerprint density at radius 3 is 2.62 bits per heavy atom. The van der Waals surface area contributed by atoms with Gasteiger partial charge in [-0.3, -0.25) is 4.90 Å². The molecule has 0 bridgehead atoms. The summed E-state index contributed by atoms with van der Waals surface area (Å²) in [6.45, 7) is 4.14. The maximum absolute atomic E-state index is 5.72. The van der Waals surface area contributed by atoms with Gasteiger partial charge < -0.3 is 15.0 Å². The molecule has 0 radical (unpaired) electrons. The fraction of sp³-hybridized carbons (Fsp3) is 0.647. The molecule has 1 saturated carbocycles. The van der Waals surface area contributed by atoms with E-state index in [-0.39, 0.29) is 0 Å². The quantitative estimate of drug-likeness (QED) is 0.833. The molecule has 116 valence electrons. The maximum Gasteiger partial charge on any atom is 0.119 e. The number of hydrogen-bond donors (Lipinski definition) is 1. The molecule has 21 heavy (non-hydrogen) atoms. The molecule has 0 spiro atoms. The van der Waals surface area contributed by atoms with Crippen LogP contribution in [0.1, 0.15) is 19.3 Å². The lowest BCUT2D eigenvalue weighted by atomic mass is 10.2. The first kappa shape index (κ1) is 14.7. The molecule has 1 atom stereocenters. The third-order valence-corrected chi connectivity index (χ3v) is 4.32. The van der Waals surface area contributed by atoms with E-state index in [9.17, 15) is 0 Å². The van der Waals surface area contributed by atoms with E-state index < -0.39 is 0 Å². The van der Waals surface area contributed by atoms with Crippen LogP contribution in [0.25, 0.3) is 0 Å². The molecule has 3 rings (SSSR count). The zero-order valence-corrected chi connectivity index (χ0v) is 13.2. The Balaban J connectivity index is 1.43. The molecule has 1 aromatic carbocycles. The molecule has 1 aromatic rings. The van der Waals surface area contributed by atoms with E-state index in [0.29, 0.717) is 6.04 Å². The largest absolute Gasteiger partial charge is 0.492 e. The number of hydrogen-bond acceptors (Lipinski definition) is 4. The van der Waals surface area contributed by atoms with Crippen LogP contribution in [0.15, 0.2) is 24.3 Å². The summed E-state index contributed by atoms with van der Waals surface area (Å²) < 4.78 is 5.72. The summed E-state index contributed by atoms with van der Waals surface area (Å²) in [4.78, 5) is 4.76. The fourth-order valence-corrected chi connectivity index (χ4v) is 2.91. The Labute approximate surface area is 128 Å². The molecule has 1 aliphatic heterocycles. The predicted molar refractivity (Wildman–Crippen MR) is 87.1 cm³/mol. The van der Waals surface area contributed by atoms with Gasteiger partial charge in [0.15, 0.2) is 0 Å². The summed E-state index contributed by atoms with van der Waals surface area (Å²) in [5.41, 5.74) is 1.21. The minimum absolute atomic E-state index is 0.603. The van der Waals surface area contributed by atoms with Crippen molar-refractivity contribution in [2.75, 3.05) is 45.7 Å². The minimum atomic E-state index is 0.603. The lowest BCUT2D eigenvalue weighted by Gasteiger charge is -2.17. The first-order valence-electron chi connectivity index (χ1n) is 8.09. The smallest absolute Gasteiger partial charge is 0.119 e. The Morgan fingerprint density at radius 2 is 1.95 bits per heavy atom. The van der Waals surface area contributed by atoms with Crippen LogP contribution < -0.4 is 10.1 Å². The van der Waals surface area contributed by atoms with Crippen LogP contribution in [0.3, 0.4) is 0 Å². The Kier molecular flexibility index (Phi) is 4.66. The van der Waals surface area contributed by atoms with E-state index in [0.717, 1.165) is 24.9 Å². The van der Waals surface area contributed by atoms with Crippen molar-refractivity contribution in [3.8, 4) is 5.75 Å². The molecule has 1 N–H and O–H groups in total. The third kappa shape index (κ3) is 4.35. The van der Waals surface area contributed by atoms with Crippen LogP contribution in [0.5, 0.6) is 5.75 Å². The van der Waals surface area contributed by atoms with Crippen molar-refractivity contribution in [3.05, 3.63) is 24.3 Å². The van der Waals surface area contributed by atoms with Crippen molar-refractivity contribution in [1.82, 2.24) is 9.80 Å². The number of benzene rings is 1. The third-order valence-electron chi connectivity index (χ3n) is 4.32. The van der Waals surface area contributed by atoms with Crippen LogP contribution in [-0.2, 0) is 0 Å². The van der Waals surface area contributed by atoms with Gasteiger partial charge in [-0.15, -0.1) is 0 Å². The van der Waals surface area contributed by atoms with E-state index in [2.05, 4.69) is 53.5 Å². The Bertz CT molecular complexity index is 442. The van der Waals surface area contributed by atoms with Crippen molar-refractivity contribution in [2.24, 2.45) is 0 Å². The van der Waals surface area contributed by atoms with Gasteiger partial charge in [-0.1, -0.05) is 0 Å². The highest BCUT2D eigenvalue weighted by Gasteiger charge is 2.34. The molecule has 1 saturated heterocycles. The summed E-state index contributed by atoms with van der Waals surface area (Å²) in [5, 5.41) is 3.65. The van der Waals surface area contributed by atoms with Gasteiger partial charge in [-0.05, 0) is 57.6 Å². The van der Waals surface area contributed by atoms with Crippen molar-refractivity contribution in [1.29, 1.82) is 0 Å². The van der Waals surface area contributed by atoms with E-state index in [1.165, 1.54) is 38.0 Å². The van der Waals surface area contributed by atoms with Crippen LogP contribution in [-0.4, -0.2) is 62.2 Å². The summed E-state index contributed by atoms with van der Waals surface area (Å²) in [7, 11) is 4.12. The highest BCUT2D eigenvalue weighted by atomic mass is 16.5. The number of nitrogens with one attached hydrogen (secondary N) is 1. The molecular weight excluding hydrogens is 262 g/mol. The molecule has 1 heterocycles. The molecule has 2 aliphatic rings. The average Bonchev–Trinajstić information content (AvgIpc) is 3.21. The van der Waals surface area contributed by atoms with Crippen LogP contribution in [0, 0.1) is 0 Å². The van der Waals surface area contributed by atoms with Crippen LogP contribution in [0.4, 0.5) is 5.69 Å². The zero-order chi connectivity index (χ0) is 14.7. The number of likely N-dealkylation sites (tertiary alicyclic amines) is 1. The standard InChI is InChI=1S/C17H27N3O/c1-19(2)11-12-21-17-7-3-14(4-8-17)18-15-9-10-20(13-15)16-5-6-16/h3-4,7-8,15-16,18H,5-6,9-13H2,1-2H3. The summed E-state index contributed by atoms with van der Waals surface area (Å²) in [5.74, 6) is 0.952. The molecule has 1 unspecified atom stereocenters. The lowest BCUT2D eigenvalue weighted by molar-refractivity contribution is 0.261. The number of ether oxygens (including phenoxy) is 1. The van der Waals surface area contributed by atoms with Crippen molar-refractivity contribution in [3.63, 3.8) is 0 Å². The van der Waals surface area contributed by atoms with E-state index in [4.69, 9.17) is 4.74 Å². The first-order chi connectivity index (χ1) is 10.2. The van der Waals surface area contributed by atoms with Crippen molar-refractivity contribution < 1.29 is 4.74 Å². The second-order valence-electron chi connectivity index (χ2n) is 6.53. The molecule has 1 aliphatic carbocycles. The number of nitrogens with zero attached hydrogens (tertiary/aromatic N) is 2. The topological polar surface area (TPSA) is 27.7 Å². The van der Waals surface area contributed by atoms with Crippen LogP contribution >= 0.6 is 0 Å². The van der Waals surface area contributed by atoms with Gasteiger partial charge in [0.2, 0.25) is 0 Å². The summed E-state index contributed by atoms with van der Waals surface area (Å²) >= 11 is 0. The first-order valence-corrected chi connectivity index (χ1v) is 8.09. The monoisotopic (exact) mass is 289 g/mol. The fourth-order valence-electron chi connectivity index (χ4n) is 2.91. The molecule has 2 fully saturated rings. The normalized spacial score (nSPS) is 22.7. The Hall–Kier alpha value is -1.26. The van der Waals surface area contributed by atoms with E-state index in [1.807, 2.05) is 0 Å². The Morgan fingerprint density at radius 1 is 1.19 bits per heavy atom. The van der Waals surface area contributed by atoms with Gasteiger partial charge in [0, 0.05) is 37.4 Å². The molecular formula is C17H27N3O. The second kappa shape index (κ2) is 6.67. The lowest BCUT2D eigenvalue weighted by Crippen LogP contribution is -2.27. The highest BCUT2D eigenvalue weighted by Crippen LogP contribution is 2.30. The molecule has 4 nitrogen and oxygen atoms in total. The van der Waals surface area contributed by atoms with Gasteiger partial charge in [0.1, 0.15) is 12.4 Å². The highest BCUT2D eigenvalue weighted by molar-refractivity contribution is 5.47. The minimum Gasteiger partial charge on any atom is -0.492 e. The predicted octanol–water partition coefficient (Wildman–Crippen LogP) is 2.28. The van der Waals surface area contributed by atoms with Gasteiger partial charge in [0.05, 0.1) is 0 Å². The van der Waals surface area contributed by atoms with E-state index in [1.54, 1.807) is 0 Å². The average molecular weight is 289 g/mol. The van der Waals surface area contributed by atoms with Gasteiger partial charge >= 0.3 is 0 Å². The SMILES string of the molecule is CN(C)CCOc1ccc(NC2CCN(C3CC3)C2)cc1. The van der Waals surface area contributed by atoms with Gasteiger partial charge in [-0.2, -0.15) is 0 Å². The van der Waals surface area contributed by atoms with Gasteiger partial charge in [0.25, 0.3) is 0 Å². The molecule has 0 aromatic heterocycles. The second-order valence-corrected chi connectivity index (χ2v) is 6.53. The van der Waals surface area contributed by atoms with E-state index >= 15 is 0 Å². The summed E-state index contributed by atoms with van der Waals surface area (Å²) in [6, 6.07) is 9.88. The van der Waals surface area contributed by atoms with Gasteiger partial charge in [-0.25, -0.2) is 0 Å². The maximum atomic E-state index is 5.72. The molecule has 4 heteroatoms. The van der Waals surface area contributed by atoms with Crippen molar-refractivity contribution in [2.45, 2.75) is 31.3 Å². The number of rotatable bonds is 7. The number of likely N-dealkylation sites (N-methyl/N-ethyl adjacent to an activating group) is 1. The summed E-state index contributed by atoms with van der Waals surface area (Å²) in [6.07, 6.45) is 4.08. The zero-order valence-electron chi connectivity index (χ0n) is 13.2. The number of anilines is 1. The molecule has 0 amide bonds. The van der Waals surface area contributed by atoms with Crippen LogP contribution in [0.2, 0.25) is 0 Å². The van der Waals surface area contributed by atoms with Crippen molar-refractivity contribution >= 4 is 5.69 Å².